The van der Waals surface area contributed by atoms with Gasteiger partial charge in [-0.3, -0.25) is 4.79 Å². The Morgan fingerprint density at radius 1 is 1.45 bits per heavy atom. The highest BCUT2D eigenvalue weighted by Gasteiger charge is 2.47. The fourth-order valence-corrected chi connectivity index (χ4v) is 4.83. The second-order valence-electron chi connectivity index (χ2n) is 4.22. The van der Waals surface area contributed by atoms with Gasteiger partial charge in [-0.05, 0) is 6.92 Å². The number of aromatic nitrogens is 1. The highest BCUT2D eigenvalue weighted by atomic mass is 32.2. The molecule has 1 aliphatic heterocycles. The van der Waals surface area contributed by atoms with E-state index in [0.717, 1.165) is 0 Å². The summed E-state index contributed by atoms with van der Waals surface area (Å²) >= 11 is 0.427. The van der Waals surface area contributed by atoms with Gasteiger partial charge < -0.3 is 5.11 Å². The molecule has 6 nitrogen and oxygen atoms in total. The number of carboxylic acid groups (broad SMARTS) is 1. The highest BCUT2D eigenvalue weighted by molar-refractivity contribution is 7.91. The predicted octanol–water partition coefficient (Wildman–Crippen LogP) is 1.18. The largest absolute Gasteiger partial charge is 0.481 e. The fraction of sp³-hybridized carbons (Fsp3) is 0.556. The number of hydrogen-bond acceptors (Lipinski definition) is 5. The van der Waals surface area contributed by atoms with Gasteiger partial charge in [-0.1, -0.05) is 0 Å². The van der Waals surface area contributed by atoms with Crippen LogP contribution in [0.15, 0.2) is 4.21 Å². The second kappa shape index (κ2) is 4.67. The number of halogens is 3. The first-order chi connectivity index (χ1) is 9.03. The predicted molar refractivity (Wildman–Crippen MR) is 61.7 cm³/mol. The zero-order valence-electron chi connectivity index (χ0n) is 10.0. The van der Waals surface area contributed by atoms with Crippen LogP contribution in [0.1, 0.15) is 10.7 Å². The van der Waals surface area contributed by atoms with Crippen LogP contribution in [0, 0.1) is 12.8 Å². The molecule has 112 valence electrons. The number of hydrogen-bond donors (Lipinski definition) is 1. The molecule has 0 amide bonds. The molecule has 0 aliphatic carbocycles. The van der Waals surface area contributed by atoms with Gasteiger partial charge >= 0.3 is 12.1 Å². The van der Waals surface area contributed by atoms with Crippen molar-refractivity contribution >= 4 is 27.3 Å². The lowest BCUT2D eigenvalue weighted by Gasteiger charge is -2.35. The molecule has 0 saturated carbocycles. The number of aryl methyl sites for hydroxylation is 1. The molecule has 2 rings (SSSR count). The molecule has 0 radical (unpaired) electrons. The van der Waals surface area contributed by atoms with Crippen LogP contribution in [0.5, 0.6) is 0 Å². The molecule has 20 heavy (non-hydrogen) atoms. The summed E-state index contributed by atoms with van der Waals surface area (Å²) in [5, 5.41) is 8.64. The van der Waals surface area contributed by atoms with Crippen LogP contribution in [0.2, 0.25) is 0 Å². The van der Waals surface area contributed by atoms with Crippen LogP contribution in [0.3, 0.4) is 0 Å². The van der Waals surface area contributed by atoms with Crippen molar-refractivity contribution < 1.29 is 31.5 Å². The van der Waals surface area contributed by atoms with Crippen LogP contribution in [0.4, 0.5) is 13.2 Å². The van der Waals surface area contributed by atoms with Gasteiger partial charge in [0.2, 0.25) is 0 Å². The van der Waals surface area contributed by atoms with E-state index < -0.39 is 38.0 Å². The van der Waals surface area contributed by atoms with Gasteiger partial charge in [0, 0.05) is 13.1 Å². The number of rotatable bonds is 3. The van der Waals surface area contributed by atoms with Gasteiger partial charge in [0.05, 0.1) is 10.9 Å². The van der Waals surface area contributed by atoms with Crippen molar-refractivity contribution in [2.45, 2.75) is 17.3 Å². The van der Waals surface area contributed by atoms with Crippen molar-refractivity contribution in [3.05, 3.63) is 10.7 Å². The number of nitrogens with zero attached hydrogens (tertiary/aromatic N) is 2. The third-order valence-electron chi connectivity index (χ3n) is 2.74. The van der Waals surface area contributed by atoms with Crippen LogP contribution in [-0.2, 0) is 21.0 Å². The van der Waals surface area contributed by atoms with Gasteiger partial charge in [-0.2, -0.15) is 17.5 Å². The van der Waals surface area contributed by atoms with Crippen LogP contribution in [-0.4, -0.2) is 41.9 Å². The molecule has 1 fully saturated rings. The topological polar surface area (TPSA) is 87.6 Å². The van der Waals surface area contributed by atoms with E-state index >= 15 is 0 Å². The molecule has 1 saturated heterocycles. The lowest BCUT2D eigenvalue weighted by Crippen LogP contribution is -2.52. The summed E-state index contributed by atoms with van der Waals surface area (Å²) in [4.78, 5) is 13.8. The normalized spacial score (nSPS) is 18.0. The summed E-state index contributed by atoms with van der Waals surface area (Å²) in [6.45, 7) is 0.618. The van der Waals surface area contributed by atoms with Crippen LogP contribution < -0.4 is 0 Å². The van der Waals surface area contributed by atoms with E-state index in [-0.39, 0.29) is 18.1 Å². The monoisotopic (exact) mass is 330 g/mol. The maximum atomic E-state index is 12.7. The number of sulfonamides is 1. The Kier molecular flexibility index (Phi) is 3.55. The van der Waals surface area contributed by atoms with E-state index in [2.05, 4.69) is 4.98 Å². The van der Waals surface area contributed by atoms with Crippen LogP contribution >= 0.6 is 11.3 Å². The molecule has 0 aromatic carbocycles. The summed E-state index contributed by atoms with van der Waals surface area (Å²) in [6, 6.07) is 0. The molecule has 0 atom stereocenters. The molecule has 11 heteroatoms. The first-order valence-electron chi connectivity index (χ1n) is 5.31. The molecule has 0 spiro atoms. The van der Waals surface area contributed by atoms with E-state index in [1.54, 1.807) is 0 Å². The molecule has 1 aromatic rings. The second-order valence-corrected chi connectivity index (χ2v) is 7.56. The van der Waals surface area contributed by atoms with Crippen molar-refractivity contribution in [1.29, 1.82) is 0 Å². The summed E-state index contributed by atoms with van der Waals surface area (Å²) in [5.41, 5.74) is -1.45. The lowest BCUT2D eigenvalue weighted by atomic mass is 10.0. The Hall–Kier alpha value is -1.20. The van der Waals surface area contributed by atoms with Crippen molar-refractivity contribution in [3.8, 4) is 0 Å². The molecular weight excluding hydrogens is 321 g/mol. The van der Waals surface area contributed by atoms with E-state index in [1.807, 2.05) is 0 Å². The molecule has 1 N–H and O–H groups in total. The quantitative estimate of drug-likeness (QED) is 0.899. The van der Waals surface area contributed by atoms with E-state index in [9.17, 15) is 26.4 Å². The number of alkyl halides is 3. The van der Waals surface area contributed by atoms with Gasteiger partial charge in [0.15, 0.2) is 9.90 Å². The van der Waals surface area contributed by atoms with E-state index in [4.69, 9.17) is 5.11 Å². The summed E-state index contributed by atoms with van der Waals surface area (Å²) in [7, 11) is -4.36. The molecule has 2 heterocycles. The first-order valence-corrected chi connectivity index (χ1v) is 7.56. The Morgan fingerprint density at radius 3 is 2.45 bits per heavy atom. The minimum atomic E-state index is -4.87. The fourth-order valence-electron chi connectivity index (χ4n) is 1.67. The van der Waals surface area contributed by atoms with Gasteiger partial charge in [-0.25, -0.2) is 13.4 Å². The Labute approximate surface area is 115 Å². The van der Waals surface area contributed by atoms with Crippen molar-refractivity contribution in [2.75, 3.05) is 13.1 Å². The summed E-state index contributed by atoms with van der Waals surface area (Å²) < 4.78 is 62.2. The minimum absolute atomic E-state index is 0.0220. The van der Waals surface area contributed by atoms with Crippen molar-refractivity contribution in [2.24, 2.45) is 5.92 Å². The number of carboxylic acids is 1. The Morgan fingerprint density at radius 2 is 2.00 bits per heavy atom. The van der Waals surface area contributed by atoms with Crippen LogP contribution in [0.25, 0.3) is 0 Å². The first kappa shape index (κ1) is 15.2. The molecule has 0 unspecified atom stereocenters. The highest BCUT2D eigenvalue weighted by Crippen LogP contribution is 2.39. The number of carbonyl (C=O) groups is 1. The van der Waals surface area contributed by atoms with E-state index in [1.165, 1.54) is 6.92 Å². The zero-order chi connectivity index (χ0) is 15.3. The van der Waals surface area contributed by atoms with Crippen molar-refractivity contribution in [1.82, 2.24) is 9.29 Å². The van der Waals surface area contributed by atoms with E-state index in [0.29, 0.717) is 15.6 Å². The van der Waals surface area contributed by atoms with Gasteiger partial charge in [0.1, 0.15) is 0 Å². The number of thiazole rings is 1. The van der Waals surface area contributed by atoms with Gasteiger partial charge in [-0.15, -0.1) is 11.3 Å². The van der Waals surface area contributed by atoms with Gasteiger partial charge in [0.25, 0.3) is 10.0 Å². The minimum Gasteiger partial charge on any atom is -0.481 e. The summed E-state index contributed by atoms with van der Waals surface area (Å²) in [6.07, 6.45) is -4.87. The molecule has 1 aromatic heterocycles. The summed E-state index contributed by atoms with van der Waals surface area (Å²) in [5.74, 6) is -2.05. The maximum Gasteiger partial charge on any atom is 0.435 e. The number of aliphatic carboxylic acids is 1. The lowest BCUT2D eigenvalue weighted by molar-refractivity contribution is -0.146. The maximum absolute atomic E-state index is 12.7. The third-order valence-corrected chi connectivity index (χ3v) is 6.03. The third kappa shape index (κ3) is 2.52. The zero-order valence-corrected chi connectivity index (χ0v) is 11.6. The SMILES string of the molecule is Cc1nc(C(F)(F)F)c(S(=O)(=O)N2CC(C(=O)O)C2)s1. The molecule has 1 aliphatic rings. The molecule has 0 bridgehead atoms. The van der Waals surface area contributed by atoms with Crippen molar-refractivity contribution in [3.63, 3.8) is 0 Å². The average molecular weight is 330 g/mol. The molecular formula is C9H9F3N2O4S2. The Bertz CT molecular complexity index is 647. The Balaban J connectivity index is 2.35. The smallest absolute Gasteiger partial charge is 0.435 e. The standard InChI is InChI=1S/C9H9F3N2O4S2/c1-4-13-6(9(10,11)12)8(19-4)20(17,18)14-2-5(3-14)7(15)16/h5H,2-3H2,1H3,(H,15,16). The average Bonchev–Trinajstić information content (AvgIpc) is 2.56.